The highest BCUT2D eigenvalue weighted by Gasteiger charge is 2.27. The number of hydrogen-bond acceptors (Lipinski definition) is 3. The second-order valence-electron chi connectivity index (χ2n) is 4.87. The molecular weight excluding hydrogens is 250 g/mol. The van der Waals surface area contributed by atoms with Crippen LogP contribution >= 0.6 is 12.4 Å². The van der Waals surface area contributed by atoms with Crippen LogP contribution in [0.15, 0.2) is 12.1 Å². The number of benzene rings is 1. The summed E-state index contributed by atoms with van der Waals surface area (Å²) in [4.78, 5) is 0. The highest BCUT2D eigenvalue weighted by atomic mass is 35.5. The quantitative estimate of drug-likeness (QED) is 0.894. The topological polar surface area (TPSA) is 44.5 Å². The molecule has 1 aliphatic carbocycles. The summed E-state index contributed by atoms with van der Waals surface area (Å²) < 4.78 is 10.9. The van der Waals surface area contributed by atoms with Crippen LogP contribution in [0.2, 0.25) is 0 Å². The molecule has 0 spiro atoms. The molecule has 0 aliphatic heterocycles. The maximum Gasteiger partial charge on any atom is 0.127 e. The average Bonchev–Trinajstić information content (AvgIpc) is 3.11. The fraction of sp³-hybridized carbons (Fsp3) is 0.571. The van der Waals surface area contributed by atoms with E-state index in [9.17, 15) is 0 Å². The fourth-order valence-electron chi connectivity index (χ4n) is 2.27. The number of methoxy groups -OCH3 is 2. The van der Waals surface area contributed by atoms with Crippen molar-refractivity contribution in [3.8, 4) is 11.5 Å². The summed E-state index contributed by atoms with van der Waals surface area (Å²) in [5.74, 6) is 2.48. The number of rotatable bonds is 5. The molecule has 0 bridgehead atoms. The van der Waals surface area contributed by atoms with Gasteiger partial charge in [-0.05, 0) is 37.0 Å². The summed E-state index contributed by atoms with van der Waals surface area (Å²) in [6, 6.07) is 4.04. The maximum atomic E-state index is 6.28. The molecule has 1 saturated carbocycles. The molecule has 4 heteroatoms. The zero-order chi connectivity index (χ0) is 12.4. The third-order valence-corrected chi connectivity index (χ3v) is 3.34. The van der Waals surface area contributed by atoms with Crippen molar-refractivity contribution < 1.29 is 9.47 Å². The van der Waals surface area contributed by atoms with Crippen molar-refractivity contribution in [3.05, 3.63) is 23.3 Å². The van der Waals surface area contributed by atoms with Crippen molar-refractivity contribution >= 4 is 12.4 Å². The number of nitrogens with two attached hydrogens (primary N) is 1. The summed E-state index contributed by atoms with van der Waals surface area (Å²) in [6.45, 7) is 2.03. The van der Waals surface area contributed by atoms with Crippen LogP contribution in [-0.2, 0) is 0 Å². The molecule has 0 unspecified atom stereocenters. The molecular formula is C14H22ClNO2. The lowest BCUT2D eigenvalue weighted by molar-refractivity contribution is 0.375. The van der Waals surface area contributed by atoms with E-state index in [0.29, 0.717) is 0 Å². The zero-order valence-corrected chi connectivity index (χ0v) is 12.0. The van der Waals surface area contributed by atoms with Crippen LogP contribution in [0.4, 0.5) is 0 Å². The van der Waals surface area contributed by atoms with Crippen LogP contribution in [0.3, 0.4) is 0 Å². The fourth-order valence-corrected chi connectivity index (χ4v) is 2.27. The molecule has 1 atom stereocenters. The normalized spacial score (nSPS) is 15.8. The minimum atomic E-state index is 0. The van der Waals surface area contributed by atoms with Gasteiger partial charge in [0.2, 0.25) is 0 Å². The Kier molecular flexibility index (Phi) is 5.29. The Morgan fingerprint density at radius 2 is 1.72 bits per heavy atom. The zero-order valence-electron chi connectivity index (χ0n) is 11.2. The Hall–Kier alpha value is -0.930. The number of halogens is 1. The molecule has 0 amide bonds. The Balaban J connectivity index is 0.00000162. The van der Waals surface area contributed by atoms with E-state index in [2.05, 4.69) is 0 Å². The van der Waals surface area contributed by atoms with E-state index in [0.717, 1.165) is 35.0 Å². The summed E-state index contributed by atoms with van der Waals surface area (Å²) >= 11 is 0. The number of aryl methyl sites for hydroxylation is 1. The monoisotopic (exact) mass is 271 g/mol. The van der Waals surface area contributed by atoms with E-state index in [1.807, 2.05) is 19.1 Å². The lowest BCUT2D eigenvalue weighted by Crippen LogP contribution is -2.14. The SMILES string of the molecule is COc1cc(C)cc(OC)c1[C@H](N)CC1CC1.Cl. The van der Waals surface area contributed by atoms with Crippen LogP contribution in [0, 0.1) is 12.8 Å². The third-order valence-electron chi connectivity index (χ3n) is 3.34. The van der Waals surface area contributed by atoms with Gasteiger partial charge in [0.1, 0.15) is 11.5 Å². The van der Waals surface area contributed by atoms with Crippen molar-refractivity contribution in [1.82, 2.24) is 0 Å². The Morgan fingerprint density at radius 3 is 2.11 bits per heavy atom. The van der Waals surface area contributed by atoms with E-state index in [-0.39, 0.29) is 18.4 Å². The molecule has 2 rings (SSSR count). The maximum absolute atomic E-state index is 6.28. The molecule has 1 aromatic carbocycles. The second kappa shape index (κ2) is 6.30. The van der Waals surface area contributed by atoms with Gasteiger partial charge in [-0.15, -0.1) is 12.4 Å². The second-order valence-corrected chi connectivity index (χ2v) is 4.87. The van der Waals surface area contributed by atoms with E-state index in [4.69, 9.17) is 15.2 Å². The van der Waals surface area contributed by atoms with Crippen molar-refractivity contribution in [2.24, 2.45) is 11.7 Å². The van der Waals surface area contributed by atoms with Gasteiger partial charge in [0.05, 0.1) is 19.8 Å². The van der Waals surface area contributed by atoms with Crippen molar-refractivity contribution in [1.29, 1.82) is 0 Å². The third kappa shape index (κ3) is 3.30. The Bertz CT molecular complexity index is 380. The molecule has 1 aliphatic rings. The standard InChI is InChI=1S/C14H21NO2.ClH/c1-9-6-12(16-2)14(13(7-9)17-3)11(15)8-10-4-5-10;/h6-7,10-11H,4-5,8,15H2,1-3H3;1H/t11-;/m1./s1. The van der Waals surface area contributed by atoms with Gasteiger partial charge in [0, 0.05) is 6.04 Å². The molecule has 0 radical (unpaired) electrons. The van der Waals surface area contributed by atoms with E-state index in [1.165, 1.54) is 12.8 Å². The van der Waals surface area contributed by atoms with Crippen molar-refractivity contribution in [3.63, 3.8) is 0 Å². The summed E-state index contributed by atoms with van der Waals surface area (Å²) in [5.41, 5.74) is 8.41. The van der Waals surface area contributed by atoms with Crippen LogP contribution in [-0.4, -0.2) is 14.2 Å². The molecule has 102 valence electrons. The van der Waals surface area contributed by atoms with Crippen LogP contribution in [0.1, 0.15) is 36.4 Å². The number of hydrogen-bond donors (Lipinski definition) is 1. The summed E-state index contributed by atoms with van der Waals surface area (Å²) in [6.07, 6.45) is 3.64. The van der Waals surface area contributed by atoms with Gasteiger partial charge in [-0.3, -0.25) is 0 Å². The highest BCUT2D eigenvalue weighted by Crippen LogP contribution is 2.42. The van der Waals surface area contributed by atoms with Crippen molar-refractivity contribution in [2.75, 3.05) is 14.2 Å². The Labute approximate surface area is 115 Å². The number of ether oxygens (including phenoxy) is 2. The highest BCUT2D eigenvalue weighted by molar-refractivity contribution is 5.85. The molecule has 1 fully saturated rings. The first-order chi connectivity index (χ1) is 8.15. The first-order valence-electron chi connectivity index (χ1n) is 6.13. The van der Waals surface area contributed by atoms with Crippen LogP contribution in [0.5, 0.6) is 11.5 Å². The average molecular weight is 272 g/mol. The lowest BCUT2D eigenvalue weighted by atomic mass is 9.98. The Morgan fingerprint density at radius 1 is 1.22 bits per heavy atom. The van der Waals surface area contributed by atoms with E-state index in [1.54, 1.807) is 14.2 Å². The first kappa shape index (κ1) is 15.1. The molecule has 0 heterocycles. The summed E-state index contributed by atoms with van der Waals surface area (Å²) in [5, 5.41) is 0. The summed E-state index contributed by atoms with van der Waals surface area (Å²) in [7, 11) is 3.36. The predicted octanol–water partition coefficient (Wildman–Crippen LogP) is 3.23. The van der Waals surface area contributed by atoms with Crippen LogP contribution < -0.4 is 15.2 Å². The van der Waals surface area contributed by atoms with Gasteiger partial charge in [-0.2, -0.15) is 0 Å². The van der Waals surface area contributed by atoms with E-state index < -0.39 is 0 Å². The smallest absolute Gasteiger partial charge is 0.127 e. The van der Waals surface area contributed by atoms with Gasteiger partial charge >= 0.3 is 0 Å². The first-order valence-corrected chi connectivity index (χ1v) is 6.13. The molecule has 1 aromatic rings. The minimum Gasteiger partial charge on any atom is -0.496 e. The molecule has 0 saturated heterocycles. The molecule has 18 heavy (non-hydrogen) atoms. The molecule has 3 nitrogen and oxygen atoms in total. The van der Waals surface area contributed by atoms with Gasteiger partial charge in [0.15, 0.2) is 0 Å². The lowest BCUT2D eigenvalue weighted by Gasteiger charge is -2.19. The minimum absolute atomic E-state index is 0. The van der Waals surface area contributed by atoms with Gasteiger partial charge in [-0.25, -0.2) is 0 Å². The predicted molar refractivity (Wildman–Crippen MR) is 75.8 cm³/mol. The van der Waals surface area contributed by atoms with Crippen LogP contribution in [0.25, 0.3) is 0 Å². The molecule has 0 aromatic heterocycles. The van der Waals surface area contributed by atoms with Gasteiger partial charge < -0.3 is 15.2 Å². The van der Waals surface area contributed by atoms with Gasteiger partial charge in [0.25, 0.3) is 0 Å². The van der Waals surface area contributed by atoms with E-state index >= 15 is 0 Å². The van der Waals surface area contributed by atoms with Crippen molar-refractivity contribution in [2.45, 2.75) is 32.2 Å². The van der Waals surface area contributed by atoms with Gasteiger partial charge in [-0.1, -0.05) is 12.8 Å². The molecule has 2 N–H and O–H groups in total. The largest absolute Gasteiger partial charge is 0.496 e.